The number of methoxy groups -OCH3 is 1. The summed E-state index contributed by atoms with van der Waals surface area (Å²) in [4.78, 5) is 12.7. The second kappa shape index (κ2) is 8.04. The van der Waals surface area contributed by atoms with Crippen LogP contribution >= 0.6 is 0 Å². The van der Waals surface area contributed by atoms with Crippen LogP contribution in [-0.2, 0) is 6.18 Å². The molecule has 0 aliphatic heterocycles. The van der Waals surface area contributed by atoms with Crippen LogP contribution in [0.2, 0.25) is 0 Å². The largest absolute Gasteiger partial charge is 0.495 e. The number of alkyl halides is 3. The zero-order valence-corrected chi connectivity index (χ0v) is 14.8. The molecule has 1 amide bonds. The lowest BCUT2D eigenvalue weighted by atomic mass is 10.1. The SMILES string of the molecule is COc1ccccc1NC(=O)c1ccccc1Oc1ccc(C(F)(F)F)cc1. The number of halogens is 3. The van der Waals surface area contributed by atoms with Gasteiger partial charge in [-0.05, 0) is 48.5 Å². The molecule has 0 aliphatic rings. The summed E-state index contributed by atoms with van der Waals surface area (Å²) in [5.74, 6) is 0.462. The molecule has 0 bridgehead atoms. The van der Waals surface area contributed by atoms with Crippen LogP contribution in [0.1, 0.15) is 15.9 Å². The van der Waals surface area contributed by atoms with Crippen molar-refractivity contribution in [3.8, 4) is 17.2 Å². The highest BCUT2D eigenvalue weighted by Crippen LogP contribution is 2.32. The molecule has 144 valence electrons. The molecule has 3 aromatic rings. The monoisotopic (exact) mass is 387 g/mol. The fraction of sp³-hybridized carbons (Fsp3) is 0.0952. The highest BCUT2D eigenvalue weighted by atomic mass is 19.4. The number of nitrogens with one attached hydrogen (secondary N) is 1. The van der Waals surface area contributed by atoms with Gasteiger partial charge in [0, 0.05) is 0 Å². The van der Waals surface area contributed by atoms with Gasteiger partial charge in [0.25, 0.3) is 5.91 Å². The van der Waals surface area contributed by atoms with E-state index in [1.807, 2.05) is 0 Å². The number of hydrogen-bond acceptors (Lipinski definition) is 3. The molecule has 0 atom stereocenters. The van der Waals surface area contributed by atoms with Gasteiger partial charge in [-0.2, -0.15) is 13.2 Å². The molecule has 0 radical (unpaired) electrons. The summed E-state index contributed by atoms with van der Waals surface area (Å²) in [5.41, 5.74) is -0.0605. The van der Waals surface area contributed by atoms with Crippen LogP contribution in [0.4, 0.5) is 18.9 Å². The van der Waals surface area contributed by atoms with Crippen LogP contribution in [0.15, 0.2) is 72.8 Å². The Kier molecular flexibility index (Phi) is 5.54. The van der Waals surface area contributed by atoms with Crippen LogP contribution in [-0.4, -0.2) is 13.0 Å². The van der Waals surface area contributed by atoms with Crippen molar-refractivity contribution in [3.63, 3.8) is 0 Å². The fourth-order valence-corrected chi connectivity index (χ4v) is 2.52. The molecule has 3 rings (SSSR count). The Hall–Kier alpha value is -3.48. The van der Waals surface area contributed by atoms with E-state index in [4.69, 9.17) is 9.47 Å². The zero-order chi connectivity index (χ0) is 20.1. The van der Waals surface area contributed by atoms with E-state index in [1.165, 1.54) is 19.2 Å². The van der Waals surface area contributed by atoms with Gasteiger partial charge in [0.05, 0.1) is 23.9 Å². The molecule has 0 aromatic heterocycles. The predicted octanol–water partition coefficient (Wildman–Crippen LogP) is 5.76. The van der Waals surface area contributed by atoms with Gasteiger partial charge >= 0.3 is 6.18 Å². The normalized spacial score (nSPS) is 11.0. The fourth-order valence-electron chi connectivity index (χ4n) is 2.52. The molecule has 0 spiro atoms. The maximum Gasteiger partial charge on any atom is 0.416 e. The first-order chi connectivity index (χ1) is 13.4. The van der Waals surface area contributed by atoms with E-state index in [-0.39, 0.29) is 17.1 Å². The molecule has 3 aromatic carbocycles. The first-order valence-electron chi connectivity index (χ1n) is 8.27. The van der Waals surface area contributed by atoms with E-state index in [0.29, 0.717) is 11.4 Å². The average Bonchev–Trinajstić information content (AvgIpc) is 2.68. The summed E-state index contributed by atoms with van der Waals surface area (Å²) in [6.45, 7) is 0. The van der Waals surface area contributed by atoms with Gasteiger partial charge in [-0.1, -0.05) is 24.3 Å². The van der Waals surface area contributed by atoms with Gasteiger partial charge in [-0.15, -0.1) is 0 Å². The smallest absolute Gasteiger partial charge is 0.416 e. The van der Waals surface area contributed by atoms with Crippen molar-refractivity contribution in [1.82, 2.24) is 0 Å². The second-order valence-corrected chi connectivity index (χ2v) is 5.77. The molecule has 1 N–H and O–H groups in total. The van der Waals surface area contributed by atoms with Crippen LogP contribution in [0, 0.1) is 0 Å². The van der Waals surface area contributed by atoms with Crippen LogP contribution in [0.3, 0.4) is 0 Å². The summed E-state index contributed by atoms with van der Waals surface area (Å²) in [6.07, 6.45) is -4.43. The van der Waals surface area contributed by atoms with Crippen molar-refractivity contribution in [1.29, 1.82) is 0 Å². The lowest BCUT2D eigenvalue weighted by molar-refractivity contribution is -0.137. The van der Waals surface area contributed by atoms with Crippen LogP contribution in [0.25, 0.3) is 0 Å². The molecule has 0 heterocycles. The minimum absolute atomic E-state index is 0.186. The maximum atomic E-state index is 12.7. The summed E-state index contributed by atoms with van der Waals surface area (Å²) < 4.78 is 48.9. The van der Waals surface area contributed by atoms with E-state index < -0.39 is 17.6 Å². The Morgan fingerprint density at radius 2 is 1.46 bits per heavy atom. The Labute approximate surface area is 159 Å². The molecule has 28 heavy (non-hydrogen) atoms. The Bertz CT molecular complexity index is 969. The molecular formula is C21H16F3NO3. The maximum absolute atomic E-state index is 12.7. The van der Waals surface area contributed by atoms with Crippen molar-refractivity contribution in [2.45, 2.75) is 6.18 Å². The zero-order valence-electron chi connectivity index (χ0n) is 14.8. The van der Waals surface area contributed by atoms with Gasteiger partial charge < -0.3 is 14.8 Å². The van der Waals surface area contributed by atoms with Gasteiger partial charge in [0.15, 0.2) is 0 Å². The van der Waals surface area contributed by atoms with Crippen LogP contribution in [0.5, 0.6) is 17.2 Å². The number of rotatable bonds is 5. The van der Waals surface area contributed by atoms with Crippen molar-refractivity contribution in [2.75, 3.05) is 12.4 Å². The van der Waals surface area contributed by atoms with Gasteiger partial charge in [-0.3, -0.25) is 4.79 Å². The van der Waals surface area contributed by atoms with E-state index in [1.54, 1.807) is 48.5 Å². The molecule has 4 nitrogen and oxygen atoms in total. The summed E-state index contributed by atoms with van der Waals surface area (Å²) in [7, 11) is 1.49. The van der Waals surface area contributed by atoms with Crippen molar-refractivity contribution in [2.24, 2.45) is 0 Å². The Morgan fingerprint density at radius 3 is 2.11 bits per heavy atom. The van der Waals surface area contributed by atoms with Crippen molar-refractivity contribution >= 4 is 11.6 Å². The van der Waals surface area contributed by atoms with E-state index in [2.05, 4.69) is 5.32 Å². The number of amides is 1. The third-order valence-corrected chi connectivity index (χ3v) is 3.90. The van der Waals surface area contributed by atoms with E-state index in [0.717, 1.165) is 12.1 Å². The Balaban J connectivity index is 1.82. The average molecular weight is 387 g/mol. The first-order valence-corrected chi connectivity index (χ1v) is 8.27. The number of hydrogen-bond donors (Lipinski definition) is 1. The number of carbonyl (C=O) groups is 1. The summed E-state index contributed by atoms with van der Waals surface area (Å²) >= 11 is 0. The standard InChI is InChI=1S/C21H16F3NO3/c1-27-19-9-5-3-7-17(19)25-20(26)16-6-2-4-8-18(16)28-15-12-10-14(11-13-15)21(22,23)24/h2-13H,1H3,(H,25,26). The topological polar surface area (TPSA) is 47.6 Å². The van der Waals surface area contributed by atoms with Crippen molar-refractivity contribution < 1.29 is 27.4 Å². The molecule has 0 fully saturated rings. The second-order valence-electron chi connectivity index (χ2n) is 5.77. The summed E-state index contributed by atoms with van der Waals surface area (Å²) in [5, 5.41) is 2.74. The molecular weight excluding hydrogens is 371 g/mol. The van der Waals surface area contributed by atoms with E-state index >= 15 is 0 Å². The third-order valence-electron chi connectivity index (χ3n) is 3.90. The number of carbonyl (C=O) groups excluding carboxylic acids is 1. The lowest BCUT2D eigenvalue weighted by Crippen LogP contribution is -2.13. The number of anilines is 1. The number of para-hydroxylation sites is 3. The number of ether oxygens (including phenoxy) is 2. The predicted molar refractivity (Wildman–Crippen MR) is 98.9 cm³/mol. The minimum Gasteiger partial charge on any atom is -0.495 e. The van der Waals surface area contributed by atoms with Gasteiger partial charge in [0.2, 0.25) is 0 Å². The minimum atomic E-state index is -4.43. The van der Waals surface area contributed by atoms with Crippen LogP contribution < -0.4 is 14.8 Å². The number of benzene rings is 3. The van der Waals surface area contributed by atoms with Gasteiger partial charge in [0.1, 0.15) is 17.2 Å². The van der Waals surface area contributed by atoms with Crippen molar-refractivity contribution in [3.05, 3.63) is 83.9 Å². The molecule has 7 heteroatoms. The first kappa shape index (κ1) is 19.3. The highest BCUT2D eigenvalue weighted by molar-refractivity contribution is 6.06. The highest BCUT2D eigenvalue weighted by Gasteiger charge is 2.30. The summed E-state index contributed by atoms with van der Waals surface area (Å²) in [6, 6.07) is 17.6. The third kappa shape index (κ3) is 4.43. The van der Waals surface area contributed by atoms with E-state index in [9.17, 15) is 18.0 Å². The Morgan fingerprint density at radius 1 is 0.857 bits per heavy atom. The molecule has 0 unspecified atom stereocenters. The molecule has 0 saturated heterocycles. The lowest BCUT2D eigenvalue weighted by Gasteiger charge is -2.13. The molecule has 0 aliphatic carbocycles. The quantitative estimate of drug-likeness (QED) is 0.606. The van der Waals surface area contributed by atoms with Gasteiger partial charge in [-0.25, -0.2) is 0 Å². The molecule has 0 saturated carbocycles.